The highest BCUT2D eigenvalue weighted by Gasteiger charge is 2.18. The molecule has 0 fully saturated rings. The van der Waals surface area contributed by atoms with Crippen LogP contribution in [0.4, 0.5) is 5.82 Å². The molecule has 3 rings (SSSR count). The molecular formula is C19H26BrN5O3S. The predicted octanol–water partition coefficient (Wildman–Crippen LogP) is 3.48. The number of benzene rings is 1. The number of fused-ring (bicyclic) bond motifs is 3. The van der Waals surface area contributed by atoms with Crippen molar-refractivity contribution in [2.45, 2.75) is 39.2 Å². The van der Waals surface area contributed by atoms with Gasteiger partial charge in [-0.05, 0) is 37.5 Å². The van der Waals surface area contributed by atoms with E-state index < -0.39 is 10.0 Å². The van der Waals surface area contributed by atoms with Crippen molar-refractivity contribution >= 4 is 53.7 Å². The number of nitrogens with two attached hydrogens (primary N) is 1. The van der Waals surface area contributed by atoms with E-state index in [4.69, 9.17) is 15.6 Å². The lowest BCUT2D eigenvalue weighted by Crippen LogP contribution is -2.30. The van der Waals surface area contributed by atoms with Crippen molar-refractivity contribution in [1.82, 2.24) is 19.0 Å². The van der Waals surface area contributed by atoms with Gasteiger partial charge in [0.05, 0.1) is 24.4 Å². The van der Waals surface area contributed by atoms with Crippen LogP contribution in [0.15, 0.2) is 22.7 Å². The quantitative estimate of drug-likeness (QED) is 0.369. The van der Waals surface area contributed by atoms with Crippen molar-refractivity contribution in [2.24, 2.45) is 0 Å². The predicted molar refractivity (Wildman–Crippen MR) is 119 cm³/mol. The first-order chi connectivity index (χ1) is 13.8. The molecule has 0 atom stereocenters. The number of aromatic nitrogens is 3. The summed E-state index contributed by atoms with van der Waals surface area (Å²) < 4.78 is 27.5. The van der Waals surface area contributed by atoms with Gasteiger partial charge in [0, 0.05) is 29.4 Å². The second kappa shape index (κ2) is 8.95. The van der Waals surface area contributed by atoms with Crippen molar-refractivity contribution in [2.75, 3.05) is 25.6 Å². The van der Waals surface area contributed by atoms with Crippen LogP contribution in [0, 0.1) is 0 Å². The number of hydroxylamine groups is 1. The summed E-state index contributed by atoms with van der Waals surface area (Å²) in [7, 11) is -2.01. The van der Waals surface area contributed by atoms with Crippen LogP contribution in [0.1, 0.15) is 32.0 Å². The van der Waals surface area contributed by atoms with E-state index in [1.54, 1.807) is 0 Å². The summed E-state index contributed by atoms with van der Waals surface area (Å²) >= 11 is 3.49. The second-order valence-corrected chi connectivity index (χ2v) is 9.75. The number of aryl methyl sites for hydroxylation is 2. The van der Waals surface area contributed by atoms with Gasteiger partial charge in [0.25, 0.3) is 0 Å². The Balaban J connectivity index is 1.95. The van der Waals surface area contributed by atoms with Gasteiger partial charge in [0.2, 0.25) is 10.0 Å². The first-order valence-electron chi connectivity index (χ1n) is 9.52. The molecule has 29 heavy (non-hydrogen) atoms. The Hall–Kier alpha value is -1.75. The molecule has 2 aromatic heterocycles. The number of halogens is 1. The lowest BCUT2D eigenvalue weighted by atomic mass is 10.2. The second-order valence-electron chi connectivity index (χ2n) is 6.96. The molecule has 1 aromatic carbocycles. The van der Waals surface area contributed by atoms with E-state index in [0.717, 1.165) is 62.2 Å². The topological polar surface area (TPSA) is 103 Å². The number of imidazole rings is 1. The van der Waals surface area contributed by atoms with Gasteiger partial charge in [-0.15, -0.1) is 0 Å². The minimum atomic E-state index is -3.38. The fourth-order valence-electron chi connectivity index (χ4n) is 3.49. The minimum Gasteiger partial charge on any atom is -0.382 e. The summed E-state index contributed by atoms with van der Waals surface area (Å²) in [6.07, 6.45) is 4.37. The average Bonchev–Trinajstić information content (AvgIpc) is 3.00. The Bertz CT molecular complexity index is 1130. The molecule has 158 valence electrons. The minimum absolute atomic E-state index is 0.308. The summed E-state index contributed by atoms with van der Waals surface area (Å²) in [5.74, 6) is 1.39. The summed E-state index contributed by atoms with van der Waals surface area (Å²) in [6.45, 7) is 3.13. The Kier molecular flexibility index (Phi) is 6.77. The Morgan fingerprint density at radius 2 is 2.03 bits per heavy atom. The van der Waals surface area contributed by atoms with Crippen LogP contribution in [0.3, 0.4) is 0 Å². The Labute approximate surface area is 179 Å². The zero-order valence-electron chi connectivity index (χ0n) is 16.9. The van der Waals surface area contributed by atoms with Gasteiger partial charge in [0.1, 0.15) is 11.3 Å². The van der Waals surface area contributed by atoms with Gasteiger partial charge in [-0.3, -0.25) is 4.84 Å². The normalized spacial score (nSPS) is 12.4. The molecule has 0 amide bonds. The van der Waals surface area contributed by atoms with E-state index in [1.807, 2.05) is 18.2 Å². The van der Waals surface area contributed by atoms with Crippen LogP contribution in [0.25, 0.3) is 21.9 Å². The first kappa shape index (κ1) is 21.9. The third kappa shape index (κ3) is 4.71. The van der Waals surface area contributed by atoms with Crippen LogP contribution >= 0.6 is 15.9 Å². The van der Waals surface area contributed by atoms with Crippen molar-refractivity contribution in [3.05, 3.63) is 28.5 Å². The molecule has 0 aliphatic heterocycles. The largest absolute Gasteiger partial charge is 0.382 e. The van der Waals surface area contributed by atoms with E-state index in [9.17, 15) is 8.42 Å². The zero-order valence-corrected chi connectivity index (χ0v) is 19.3. The summed E-state index contributed by atoms with van der Waals surface area (Å²) in [5.41, 5.74) is 8.74. The molecule has 10 heteroatoms. The summed E-state index contributed by atoms with van der Waals surface area (Å²) in [4.78, 5) is 14.3. The van der Waals surface area contributed by atoms with Crippen LogP contribution in [-0.4, -0.2) is 47.3 Å². The van der Waals surface area contributed by atoms with E-state index in [0.29, 0.717) is 25.3 Å². The molecule has 0 bridgehead atoms. The van der Waals surface area contributed by atoms with Crippen LogP contribution in [0.2, 0.25) is 0 Å². The van der Waals surface area contributed by atoms with Gasteiger partial charge >= 0.3 is 0 Å². The van der Waals surface area contributed by atoms with Gasteiger partial charge in [-0.1, -0.05) is 27.3 Å². The van der Waals surface area contributed by atoms with E-state index in [-0.39, 0.29) is 0 Å². The maximum atomic E-state index is 11.7. The molecule has 0 unspecified atom stereocenters. The number of hydrogen-bond donors (Lipinski definition) is 1. The van der Waals surface area contributed by atoms with Crippen LogP contribution in [0.5, 0.6) is 0 Å². The standard InChI is InChI=1S/C19H26BrN5O3S/c1-4-7-16-23-17-18(14-9-8-13(20)12-15(14)22-19(17)21)24(16)10-5-6-11-25(28-2)29(3,26)27/h8-9,12H,4-7,10-11H2,1-3H3,(H2,21,22). The zero-order chi connectivity index (χ0) is 21.2. The molecular weight excluding hydrogens is 458 g/mol. The number of pyridine rings is 1. The third-order valence-electron chi connectivity index (χ3n) is 4.76. The highest BCUT2D eigenvalue weighted by molar-refractivity contribution is 9.10. The van der Waals surface area contributed by atoms with E-state index in [1.165, 1.54) is 7.11 Å². The van der Waals surface area contributed by atoms with Gasteiger partial charge in [0.15, 0.2) is 5.82 Å². The first-order valence-corrected chi connectivity index (χ1v) is 12.2. The number of sulfonamides is 1. The monoisotopic (exact) mass is 483 g/mol. The van der Waals surface area contributed by atoms with Crippen molar-refractivity contribution in [3.63, 3.8) is 0 Å². The highest BCUT2D eigenvalue weighted by atomic mass is 79.9. The number of anilines is 1. The molecule has 0 radical (unpaired) electrons. The summed E-state index contributed by atoms with van der Waals surface area (Å²) in [6, 6.07) is 5.96. The van der Waals surface area contributed by atoms with Crippen molar-refractivity contribution < 1.29 is 13.3 Å². The number of rotatable bonds is 9. The fraction of sp³-hybridized carbons (Fsp3) is 0.474. The molecule has 2 N–H and O–H groups in total. The summed E-state index contributed by atoms with van der Waals surface area (Å²) in [5, 5.41) is 1.00. The average molecular weight is 484 g/mol. The van der Waals surface area contributed by atoms with Crippen LogP contribution < -0.4 is 5.73 Å². The van der Waals surface area contributed by atoms with Gasteiger partial charge in [-0.2, -0.15) is 0 Å². The third-order valence-corrected chi connectivity index (χ3v) is 6.33. The molecule has 0 aliphatic carbocycles. The molecule has 3 aromatic rings. The maximum Gasteiger partial charge on any atom is 0.233 e. The number of unbranched alkanes of at least 4 members (excludes halogenated alkanes) is 1. The van der Waals surface area contributed by atoms with E-state index >= 15 is 0 Å². The molecule has 0 aliphatic rings. The number of nitrogen functional groups attached to an aromatic ring is 1. The van der Waals surface area contributed by atoms with Gasteiger partial charge < -0.3 is 10.3 Å². The fourth-order valence-corrected chi connectivity index (χ4v) is 4.57. The number of nitrogens with zero attached hydrogens (tertiary/aromatic N) is 4. The molecule has 8 nitrogen and oxygen atoms in total. The smallest absolute Gasteiger partial charge is 0.233 e. The lowest BCUT2D eigenvalue weighted by molar-refractivity contribution is -0.0487. The molecule has 0 spiro atoms. The number of hydrogen-bond acceptors (Lipinski definition) is 6. The highest BCUT2D eigenvalue weighted by Crippen LogP contribution is 2.31. The molecule has 0 saturated heterocycles. The molecule has 0 saturated carbocycles. The maximum absolute atomic E-state index is 11.7. The molecule has 2 heterocycles. The lowest BCUT2D eigenvalue weighted by Gasteiger charge is -2.17. The Morgan fingerprint density at radius 3 is 2.69 bits per heavy atom. The SMILES string of the molecule is CCCc1nc2c(N)nc3cc(Br)ccc3c2n1CCCCN(OC)S(C)(=O)=O. The van der Waals surface area contributed by atoms with E-state index in [2.05, 4.69) is 32.4 Å². The Morgan fingerprint density at radius 1 is 1.28 bits per heavy atom. The van der Waals surface area contributed by atoms with Crippen molar-refractivity contribution in [1.29, 1.82) is 0 Å². The van der Waals surface area contributed by atoms with Crippen LogP contribution in [-0.2, 0) is 27.8 Å². The van der Waals surface area contributed by atoms with Gasteiger partial charge in [-0.25, -0.2) is 18.4 Å². The van der Waals surface area contributed by atoms with Crippen molar-refractivity contribution in [3.8, 4) is 0 Å².